The number of likely N-dealkylation sites (tertiary alicyclic amines) is 1. The summed E-state index contributed by atoms with van der Waals surface area (Å²) in [4.78, 5) is 28.2. The number of piperidine rings is 1. The van der Waals surface area contributed by atoms with E-state index in [1.54, 1.807) is 48.5 Å². The van der Waals surface area contributed by atoms with Gasteiger partial charge in [-0.3, -0.25) is 9.59 Å². The molecule has 1 atom stereocenters. The van der Waals surface area contributed by atoms with E-state index >= 15 is 0 Å². The molecule has 0 radical (unpaired) electrons. The van der Waals surface area contributed by atoms with Gasteiger partial charge in [0.25, 0.3) is 0 Å². The van der Waals surface area contributed by atoms with E-state index in [-0.39, 0.29) is 36.4 Å². The summed E-state index contributed by atoms with van der Waals surface area (Å²) in [6.45, 7) is 1.60. The van der Waals surface area contributed by atoms with Crippen molar-refractivity contribution in [2.75, 3.05) is 37.6 Å². The van der Waals surface area contributed by atoms with Crippen molar-refractivity contribution in [3.63, 3.8) is 0 Å². The van der Waals surface area contributed by atoms with Crippen molar-refractivity contribution in [3.8, 4) is 0 Å². The minimum atomic E-state index is -5.01. The Kier molecular flexibility index (Phi) is 6.66. The SMILES string of the molecule is O=C(N(CCN1CCC2(CC1)C(=O)NCC2c1ccc(F)cc1)c1cccc2ccccc12)C(F)(F)F. The van der Waals surface area contributed by atoms with Crippen LogP contribution in [0.15, 0.2) is 66.7 Å². The molecule has 3 aromatic rings. The summed E-state index contributed by atoms with van der Waals surface area (Å²) in [6, 6.07) is 18.2. The second-order valence-corrected chi connectivity index (χ2v) is 9.76. The molecule has 2 saturated heterocycles. The first-order valence-electron chi connectivity index (χ1n) is 12.3. The van der Waals surface area contributed by atoms with Crippen LogP contribution < -0.4 is 10.2 Å². The predicted molar refractivity (Wildman–Crippen MR) is 133 cm³/mol. The van der Waals surface area contributed by atoms with E-state index in [1.165, 1.54) is 18.2 Å². The van der Waals surface area contributed by atoms with Crippen LogP contribution in [0.25, 0.3) is 10.8 Å². The third-order valence-corrected chi connectivity index (χ3v) is 7.79. The van der Waals surface area contributed by atoms with Gasteiger partial charge in [0.1, 0.15) is 5.82 Å². The minimum Gasteiger partial charge on any atom is -0.355 e. The second-order valence-electron chi connectivity index (χ2n) is 9.76. The van der Waals surface area contributed by atoms with Gasteiger partial charge in [-0.05, 0) is 55.1 Å². The van der Waals surface area contributed by atoms with Gasteiger partial charge >= 0.3 is 12.1 Å². The first-order chi connectivity index (χ1) is 17.7. The molecule has 2 aliphatic rings. The average Bonchev–Trinajstić information content (AvgIpc) is 3.20. The maximum atomic E-state index is 13.6. The van der Waals surface area contributed by atoms with Gasteiger partial charge < -0.3 is 15.1 Å². The molecule has 2 amide bonds. The summed E-state index contributed by atoms with van der Waals surface area (Å²) in [7, 11) is 0. The van der Waals surface area contributed by atoms with Crippen molar-refractivity contribution < 1.29 is 27.2 Å². The molecule has 0 bridgehead atoms. The zero-order valence-corrected chi connectivity index (χ0v) is 20.1. The van der Waals surface area contributed by atoms with Crippen LogP contribution in [0.5, 0.6) is 0 Å². The summed E-state index contributed by atoms with van der Waals surface area (Å²) in [5.41, 5.74) is 0.484. The summed E-state index contributed by atoms with van der Waals surface area (Å²) in [5, 5.41) is 4.27. The largest absolute Gasteiger partial charge is 0.471 e. The minimum absolute atomic E-state index is 0.0360. The summed E-state index contributed by atoms with van der Waals surface area (Å²) in [6.07, 6.45) is -3.95. The highest BCUT2D eigenvalue weighted by molar-refractivity contribution is 6.05. The smallest absolute Gasteiger partial charge is 0.355 e. The number of fused-ring (bicyclic) bond motifs is 1. The third kappa shape index (κ3) is 4.80. The first kappa shape index (κ1) is 25.2. The van der Waals surface area contributed by atoms with Crippen molar-refractivity contribution in [2.45, 2.75) is 24.9 Å². The zero-order chi connectivity index (χ0) is 26.2. The van der Waals surface area contributed by atoms with Gasteiger partial charge in [0.2, 0.25) is 5.91 Å². The van der Waals surface area contributed by atoms with Gasteiger partial charge in [-0.15, -0.1) is 0 Å². The van der Waals surface area contributed by atoms with Crippen LogP contribution in [-0.2, 0) is 9.59 Å². The molecule has 0 saturated carbocycles. The number of nitrogens with zero attached hydrogens (tertiary/aromatic N) is 2. The van der Waals surface area contributed by atoms with Crippen LogP contribution in [0.2, 0.25) is 0 Å². The van der Waals surface area contributed by atoms with Crippen LogP contribution in [-0.4, -0.2) is 55.6 Å². The fraction of sp³-hybridized carbons (Fsp3) is 0.357. The Labute approximate surface area is 212 Å². The highest BCUT2D eigenvalue weighted by atomic mass is 19.4. The number of alkyl halides is 3. The molecule has 5 nitrogen and oxygen atoms in total. The lowest BCUT2D eigenvalue weighted by atomic mass is 9.68. The van der Waals surface area contributed by atoms with Gasteiger partial charge in [0.05, 0.1) is 11.1 Å². The van der Waals surface area contributed by atoms with E-state index < -0.39 is 17.5 Å². The molecule has 1 N–H and O–H groups in total. The molecule has 37 heavy (non-hydrogen) atoms. The van der Waals surface area contributed by atoms with Crippen LogP contribution in [0.3, 0.4) is 0 Å². The lowest BCUT2D eigenvalue weighted by molar-refractivity contribution is -0.170. The number of hydrogen-bond donors (Lipinski definition) is 1. The van der Waals surface area contributed by atoms with Gasteiger partial charge in [-0.1, -0.05) is 48.5 Å². The molecule has 9 heteroatoms. The maximum Gasteiger partial charge on any atom is 0.471 e. The predicted octanol–water partition coefficient (Wildman–Crippen LogP) is 4.87. The van der Waals surface area contributed by atoms with E-state index in [2.05, 4.69) is 5.32 Å². The van der Waals surface area contributed by atoms with Crippen molar-refractivity contribution in [2.24, 2.45) is 5.41 Å². The number of amides is 2. The van der Waals surface area contributed by atoms with Crippen molar-refractivity contribution in [3.05, 3.63) is 78.1 Å². The van der Waals surface area contributed by atoms with Crippen molar-refractivity contribution in [1.82, 2.24) is 10.2 Å². The molecule has 1 spiro atoms. The molecule has 1 unspecified atom stereocenters. The summed E-state index contributed by atoms with van der Waals surface area (Å²) in [5.74, 6) is -2.37. The number of hydrogen-bond acceptors (Lipinski definition) is 3. The summed E-state index contributed by atoms with van der Waals surface area (Å²) < 4.78 is 54.1. The van der Waals surface area contributed by atoms with Crippen LogP contribution in [0.4, 0.5) is 23.2 Å². The molecule has 2 heterocycles. The fourth-order valence-electron chi connectivity index (χ4n) is 5.78. The fourth-order valence-corrected chi connectivity index (χ4v) is 5.78. The molecule has 0 aliphatic carbocycles. The van der Waals surface area contributed by atoms with Gasteiger partial charge in [0, 0.05) is 30.9 Å². The number of nitrogens with one attached hydrogen (secondary N) is 1. The van der Waals surface area contributed by atoms with E-state index in [4.69, 9.17) is 0 Å². The van der Waals surface area contributed by atoms with Crippen molar-refractivity contribution >= 4 is 28.3 Å². The molecule has 5 rings (SSSR count). The van der Waals surface area contributed by atoms with E-state index in [0.29, 0.717) is 37.9 Å². The Morgan fingerprint density at radius 3 is 2.38 bits per heavy atom. The molecule has 2 aliphatic heterocycles. The first-order valence-corrected chi connectivity index (χ1v) is 12.3. The topological polar surface area (TPSA) is 52.7 Å². The molecule has 0 aromatic heterocycles. The summed E-state index contributed by atoms with van der Waals surface area (Å²) >= 11 is 0. The molecule has 194 valence electrons. The Bertz CT molecular complexity index is 1300. The highest BCUT2D eigenvalue weighted by Gasteiger charge is 2.52. The molecular weight excluding hydrogens is 486 g/mol. The van der Waals surface area contributed by atoms with Crippen LogP contribution in [0, 0.1) is 11.2 Å². The van der Waals surface area contributed by atoms with E-state index in [9.17, 15) is 27.2 Å². The number of halogens is 4. The van der Waals surface area contributed by atoms with Crippen LogP contribution >= 0.6 is 0 Å². The van der Waals surface area contributed by atoms with Crippen LogP contribution in [0.1, 0.15) is 24.3 Å². The number of carbonyl (C=O) groups is 2. The zero-order valence-electron chi connectivity index (χ0n) is 20.1. The standard InChI is InChI=1S/C28H27F4N3O2/c29-21-10-8-20(9-11-21)23-18-33-25(36)27(23)12-14-34(15-13-27)16-17-35(26(37)28(30,31)32)24-7-3-5-19-4-1-2-6-22(19)24/h1-11,23H,12-18H2,(H,33,36). The highest BCUT2D eigenvalue weighted by Crippen LogP contribution is 2.47. The Balaban J connectivity index is 1.32. The van der Waals surface area contributed by atoms with E-state index in [1.807, 2.05) is 4.90 Å². The maximum absolute atomic E-state index is 13.6. The Morgan fingerprint density at radius 2 is 1.68 bits per heavy atom. The molecule has 2 fully saturated rings. The van der Waals surface area contributed by atoms with Gasteiger partial charge in [0.15, 0.2) is 0 Å². The lowest BCUT2D eigenvalue weighted by Gasteiger charge is -2.41. The monoisotopic (exact) mass is 513 g/mol. The van der Waals surface area contributed by atoms with E-state index in [0.717, 1.165) is 15.8 Å². The Morgan fingerprint density at radius 1 is 1.00 bits per heavy atom. The van der Waals surface area contributed by atoms with Crippen molar-refractivity contribution in [1.29, 1.82) is 0 Å². The van der Waals surface area contributed by atoms with Gasteiger partial charge in [-0.25, -0.2) is 4.39 Å². The number of rotatable bonds is 5. The quantitative estimate of drug-likeness (QED) is 0.496. The van der Waals surface area contributed by atoms with Gasteiger partial charge in [-0.2, -0.15) is 13.2 Å². The number of carbonyl (C=O) groups excluding carboxylic acids is 2. The number of benzene rings is 3. The average molecular weight is 514 g/mol. The molecule has 3 aromatic carbocycles. The second kappa shape index (κ2) is 9.78. The lowest BCUT2D eigenvalue weighted by Crippen LogP contribution is -2.49. The Hall–Kier alpha value is -3.46. The normalized spacial score (nSPS) is 19.8. The molecular formula is C28H27F4N3O2. The third-order valence-electron chi connectivity index (χ3n) is 7.79. The number of anilines is 1.